The topological polar surface area (TPSA) is 59.0 Å². The highest BCUT2D eigenvalue weighted by Crippen LogP contribution is 2.07. The Labute approximate surface area is 114 Å². The normalized spacial score (nSPS) is 19.4. The summed E-state index contributed by atoms with van der Waals surface area (Å²) in [6, 6.07) is 2.09. The van der Waals surface area contributed by atoms with E-state index in [-0.39, 0.29) is 11.9 Å². The van der Waals surface area contributed by atoms with Crippen molar-refractivity contribution in [1.29, 1.82) is 0 Å². The molecule has 0 unspecified atom stereocenters. The minimum atomic E-state index is 0.0161. The molecule has 1 amide bonds. The lowest BCUT2D eigenvalue weighted by atomic mass is 10.0. The molecular weight excluding hydrogens is 240 g/mol. The zero-order valence-electron chi connectivity index (χ0n) is 11.9. The molecule has 1 fully saturated rings. The number of hydrogen-bond donors (Lipinski definition) is 2. The molecule has 0 aromatic carbocycles. The summed E-state index contributed by atoms with van der Waals surface area (Å²) in [5.74, 6) is 0.146. The fourth-order valence-electron chi connectivity index (χ4n) is 2.54. The van der Waals surface area contributed by atoms with Crippen LogP contribution in [0.5, 0.6) is 0 Å². The van der Waals surface area contributed by atoms with Gasteiger partial charge < -0.3 is 10.6 Å². The largest absolute Gasteiger partial charge is 0.355 e. The molecule has 1 aromatic rings. The first kappa shape index (κ1) is 14.1. The minimum absolute atomic E-state index is 0.0161. The Hall–Kier alpha value is -1.36. The maximum atomic E-state index is 11.9. The van der Waals surface area contributed by atoms with Crippen molar-refractivity contribution in [3.05, 3.63) is 17.5 Å². The SMILES string of the molecule is Cc1cc(C)n(CCCNC(=O)[C@H]2CCCCN2)n1. The second-order valence-corrected chi connectivity index (χ2v) is 5.30. The number of piperidine rings is 1. The van der Waals surface area contributed by atoms with Gasteiger partial charge in [-0.25, -0.2) is 0 Å². The first-order valence-electron chi connectivity index (χ1n) is 7.19. The fraction of sp³-hybridized carbons (Fsp3) is 0.714. The average Bonchev–Trinajstić information content (AvgIpc) is 2.74. The lowest BCUT2D eigenvalue weighted by Gasteiger charge is -2.22. The van der Waals surface area contributed by atoms with Crippen molar-refractivity contribution in [2.24, 2.45) is 0 Å². The number of rotatable bonds is 5. The van der Waals surface area contributed by atoms with Gasteiger partial charge in [0.25, 0.3) is 0 Å². The minimum Gasteiger partial charge on any atom is -0.355 e. The Morgan fingerprint density at radius 1 is 1.53 bits per heavy atom. The van der Waals surface area contributed by atoms with E-state index < -0.39 is 0 Å². The van der Waals surface area contributed by atoms with Crippen LogP contribution in [-0.4, -0.2) is 34.8 Å². The van der Waals surface area contributed by atoms with Crippen molar-refractivity contribution in [1.82, 2.24) is 20.4 Å². The predicted octanol–water partition coefficient (Wildman–Crippen LogP) is 1.15. The lowest BCUT2D eigenvalue weighted by Crippen LogP contribution is -2.46. The Morgan fingerprint density at radius 2 is 2.37 bits per heavy atom. The Morgan fingerprint density at radius 3 is 3.00 bits per heavy atom. The third-order valence-electron chi connectivity index (χ3n) is 3.58. The maximum Gasteiger partial charge on any atom is 0.237 e. The van der Waals surface area contributed by atoms with E-state index in [1.54, 1.807) is 0 Å². The second-order valence-electron chi connectivity index (χ2n) is 5.30. The van der Waals surface area contributed by atoms with Crippen LogP contribution in [0, 0.1) is 13.8 Å². The number of aryl methyl sites for hydroxylation is 3. The molecule has 1 aromatic heterocycles. The van der Waals surface area contributed by atoms with Crippen LogP contribution in [0.3, 0.4) is 0 Å². The molecule has 106 valence electrons. The van der Waals surface area contributed by atoms with Crippen LogP contribution >= 0.6 is 0 Å². The number of amides is 1. The van der Waals surface area contributed by atoms with Gasteiger partial charge in [-0.05, 0) is 45.7 Å². The maximum absolute atomic E-state index is 11.9. The molecule has 1 saturated heterocycles. The summed E-state index contributed by atoms with van der Waals surface area (Å²) < 4.78 is 2.00. The molecule has 0 saturated carbocycles. The van der Waals surface area contributed by atoms with Crippen LogP contribution in [0.15, 0.2) is 6.07 Å². The van der Waals surface area contributed by atoms with Crippen molar-refractivity contribution in [3.8, 4) is 0 Å². The number of nitrogens with zero attached hydrogens (tertiary/aromatic N) is 2. The summed E-state index contributed by atoms with van der Waals surface area (Å²) in [7, 11) is 0. The fourth-order valence-corrected chi connectivity index (χ4v) is 2.54. The number of carbonyl (C=O) groups excluding carboxylic acids is 1. The van der Waals surface area contributed by atoms with Crippen molar-refractivity contribution in [3.63, 3.8) is 0 Å². The van der Waals surface area contributed by atoms with Gasteiger partial charge in [-0.1, -0.05) is 6.42 Å². The number of aromatic nitrogens is 2. The van der Waals surface area contributed by atoms with Crippen LogP contribution in [0.1, 0.15) is 37.1 Å². The monoisotopic (exact) mass is 264 g/mol. The van der Waals surface area contributed by atoms with E-state index in [9.17, 15) is 4.79 Å². The van der Waals surface area contributed by atoms with Crippen molar-refractivity contribution < 1.29 is 4.79 Å². The van der Waals surface area contributed by atoms with E-state index in [1.165, 1.54) is 12.1 Å². The molecule has 0 spiro atoms. The highest BCUT2D eigenvalue weighted by molar-refractivity contribution is 5.81. The van der Waals surface area contributed by atoms with Gasteiger partial charge in [0.05, 0.1) is 11.7 Å². The smallest absolute Gasteiger partial charge is 0.237 e. The summed E-state index contributed by atoms with van der Waals surface area (Å²) in [4.78, 5) is 11.9. The second kappa shape index (κ2) is 6.70. The van der Waals surface area contributed by atoms with Crippen LogP contribution in [-0.2, 0) is 11.3 Å². The van der Waals surface area contributed by atoms with Gasteiger partial charge in [-0.3, -0.25) is 9.48 Å². The van der Waals surface area contributed by atoms with Gasteiger partial charge >= 0.3 is 0 Å². The molecule has 1 atom stereocenters. The molecule has 1 aliphatic rings. The Balaban J connectivity index is 1.66. The molecule has 2 N–H and O–H groups in total. The summed E-state index contributed by atoms with van der Waals surface area (Å²) in [5.41, 5.74) is 2.23. The molecule has 2 heterocycles. The predicted molar refractivity (Wildman–Crippen MR) is 75.0 cm³/mol. The van der Waals surface area contributed by atoms with Gasteiger partial charge in [-0.2, -0.15) is 5.10 Å². The van der Waals surface area contributed by atoms with Gasteiger partial charge in [0, 0.05) is 18.8 Å². The van der Waals surface area contributed by atoms with E-state index >= 15 is 0 Å². The molecule has 5 nitrogen and oxygen atoms in total. The lowest BCUT2D eigenvalue weighted by molar-refractivity contribution is -0.123. The third-order valence-corrected chi connectivity index (χ3v) is 3.58. The molecule has 0 radical (unpaired) electrons. The molecular formula is C14H24N4O. The van der Waals surface area contributed by atoms with Gasteiger partial charge in [-0.15, -0.1) is 0 Å². The Kier molecular flexibility index (Phi) is 4.96. The highest BCUT2D eigenvalue weighted by atomic mass is 16.2. The van der Waals surface area contributed by atoms with E-state index in [1.807, 2.05) is 11.6 Å². The molecule has 1 aliphatic heterocycles. The van der Waals surface area contributed by atoms with Gasteiger partial charge in [0.15, 0.2) is 0 Å². The van der Waals surface area contributed by atoms with E-state index in [4.69, 9.17) is 0 Å². The molecule has 19 heavy (non-hydrogen) atoms. The van der Waals surface area contributed by atoms with Crippen molar-refractivity contribution in [2.75, 3.05) is 13.1 Å². The summed E-state index contributed by atoms with van der Waals surface area (Å²) in [5, 5.41) is 10.7. The van der Waals surface area contributed by atoms with Crippen molar-refractivity contribution in [2.45, 2.75) is 52.1 Å². The summed E-state index contributed by atoms with van der Waals surface area (Å²) in [6.07, 6.45) is 4.21. The Bertz CT molecular complexity index is 421. The zero-order valence-corrected chi connectivity index (χ0v) is 11.9. The van der Waals surface area contributed by atoms with Crippen molar-refractivity contribution >= 4 is 5.91 Å². The van der Waals surface area contributed by atoms with E-state index in [2.05, 4.69) is 28.7 Å². The number of hydrogen-bond acceptors (Lipinski definition) is 3. The van der Waals surface area contributed by atoms with Gasteiger partial charge in [0.1, 0.15) is 0 Å². The first-order chi connectivity index (χ1) is 9.16. The van der Waals surface area contributed by atoms with Crippen LogP contribution in [0.4, 0.5) is 0 Å². The number of carbonyl (C=O) groups is 1. The highest BCUT2D eigenvalue weighted by Gasteiger charge is 2.19. The zero-order chi connectivity index (χ0) is 13.7. The standard InChI is InChI=1S/C14H24N4O/c1-11-10-12(2)18(17-11)9-5-8-16-14(19)13-6-3-4-7-15-13/h10,13,15H,3-9H2,1-2H3,(H,16,19)/t13-/m1/s1. The van der Waals surface area contributed by atoms with Gasteiger partial charge in [0.2, 0.25) is 5.91 Å². The third kappa shape index (κ3) is 4.06. The number of nitrogens with one attached hydrogen (secondary N) is 2. The quantitative estimate of drug-likeness (QED) is 0.784. The average molecular weight is 264 g/mol. The van der Waals surface area contributed by atoms with E-state index in [0.29, 0.717) is 0 Å². The summed E-state index contributed by atoms with van der Waals surface area (Å²) in [6.45, 7) is 6.60. The molecule has 5 heteroatoms. The summed E-state index contributed by atoms with van der Waals surface area (Å²) >= 11 is 0. The van der Waals surface area contributed by atoms with Crippen LogP contribution in [0.2, 0.25) is 0 Å². The molecule has 0 aliphatic carbocycles. The molecule has 2 rings (SSSR count). The first-order valence-corrected chi connectivity index (χ1v) is 7.19. The van der Waals surface area contributed by atoms with Crippen LogP contribution in [0.25, 0.3) is 0 Å². The molecule has 0 bridgehead atoms. The van der Waals surface area contributed by atoms with Crippen LogP contribution < -0.4 is 10.6 Å². The van der Waals surface area contributed by atoms with E-state index in [0.717, 1.165) is 44.6 Å².